The zero-order valence-electron chi connectivity index (χ0n) is 10.3. The number of carbonyl (C=O) groups is 1. The van der Waals surface area contributed by atoms with Crippen molar-refractivity contribution in [3.8, 4) is 0 Å². The molecule has 0 aliphatic heterocycles. The molecule has 0 aromatic heterocycles. The molecule has 0 bridgehead atoms. The topological polar surface area (TPSA) is 46.3 Å². The van der Waals surface area contributed by atoms with Crippen molar-refractivity contribution in [1.82, 2.24) is 4.90 Å². The van der Waals surface area contributed by atoms with Crippen molar-refractivity contribution in [3.05, 3.63) is 35.9 Å². The van der Waals surface area contributed by atoms with Crippen molar-refractivity contribution < 1.29 is 4.79 Å². The molecule has 1 aromatic rings. The van der Waals surface area contributed by atoms with E-state index in [1.807, 2.05) is 37.4 Å². The van der Waals surface area contributed by atoms with E-state index in [1.54, 1.807) is 4.90 Å². The number of nitrogens with two attached hydrogens (primary N) is 1. The zero-order chi connectivity index (χ0) is 12.3. The first kappa shape index (κ1) is 12.1. The monoisotopic (exact) mass is 232 g/mol. The minimum absolute atomic E-state index is 0.0312. The molecule has 1 aliphatic rings. The van der Waals surface area contributed by atoms with E-state index in [4.69, 9.17) is 5.73 Å². The van der Waals surface area contributed by atoms with Gasteiger partial charge in [-0.2, -0.15) is 0 Å². The van der Waals surface area contributed by atoms with Crippen LogP contribution in [0.1, 0.15) is 24.8 Å². The summed E-state index contributed by atoms with van der Waals surface area (Å²) >= 11 is 0. The Balaban J connectivity index is 1.96. The third-order valence-electron chi connectivity index (χ3n) is 3.53. The fourth-order valence-corrected chi connectivity index (χ4v) is 2.51. The molecule has 1 saturated carbocycles. The largest absolute Gasteiger partial charge is 0.341 e. The molecule has 2 N–H and O–H groups in total. The molecule has 2 atom stereocenters. The summed E-state index contributed by atoms with van der Waals surface area (Å²) in [6.45, 7) is 0.670. The minimum Gasteiger partial charge on any atom is -0.341 e. The molecule has 1 fully saturated rings. The molecular weight excluding hydrogens is 212 g/mol. The Bertz CT molecular complexity index is 377. The number of rotatable bonds is 3. The SMILES string of the molecule is CN(Cc1ccccc1)C(=O)C1CCCC1N. The Morgan fingerprint density at radius 1 is 1.35 bits per heavy atom. The molecule has 17 heavy (non-hydrogen) atoms. The summed E-state index contributed by atoms with van der Waals surface area (Å²) in [5.41, 5.74) is 7.13. The van der Waals surface area contributed by atoms with E-state index in [0.717, 1.165) is 24.8 Å². The maximum Gasteiger partial charge on any atom is 0.227 e. The molecule has 3 nitrogen and oxygen atoms in total. The van der Waals surface area contributed by atoms with Gasteiger partial charge in [0.1, 0.15) is 0 Å². The number of benzene rings is 1. The first-order chi connectivity index (χ1) is 8.18. The molecular formula is C14H20N2O. The van der Waals surface area contributed by atoms with Gasteiger partial charge in [0.15, 0.2) is 0 Å². The summed E-state index contributed by atoms with van der Waals surface area (Å²) in [4.78, 5) is 14.0. The first-order valence-electron chi connectivity index (χ1n) is 6.23. The summed E-state index contributed by atoms with van der Waals surface area (Å²) in [5, 5.41) is 0. The molecule has 0 radical (unpaired) electrons. The van der Waals surface area contributed by atoms with Crippen LogP contribution in [-0.2, 0) is 11.3 Å². The van der Waals surface area contributed by atoms with Crippen LogP contribution in [0.15, 0.2) is 30.3 Å². The Kier molecular flexibility index (Phi) is 3.79. The second-order valence-electron chi connectivity index (χ2n) is 4.88. The van der Waals surface area contributed by atoms with Gasteiger partial charge in [-0.05, 0) is 18.4 Å². The van der Waals surface area contributed by atoms with Gasteiger partial charge in [-0.25, -0.2) is 0 Å². The second kappa shape index (κ2) is 5.32. The van der Waals surface area contributed by atoms with Gasteiger partial charge in [-0.1, -0.05) is 36.8 Å². The van der Waals surface area contributed by atoms with E-state index >= 15 is 0 Å². The molecule has 1 aliphatic carbocycles. The zero-order valence-corrected chi connectivity index (χ0v) is 10.3. The smallest absolute Gasteiger partial charge is 0.227 e. The third-order valence-corrected chi connectivity index (χ3v) is 3.53. The third kappa shape index (κ3) is 2.86. The summed E-state index contributed by atoms with van der Waals surface area (Å²) in [6.07, 6.45) is 3.01. The summed E-state index contributed by atoms with van der Waals surface area (Å²) in [7, 11) is 1.86. The lowest BCUT2D eigenvalue weighted by Crippen LogP contribution is -2.39. The Morgan fingerprint density at radius 3 is 2.65 bits per heavy atom. The average molecular weight is 232 g/mol. The predicted octanol–water partition coefficient (Wildman–Crippen LogP) is 1.77. The van der Waals surface area contributed by atoms with E-state index in [0.29, 0.717) is 6.54 Å². The highest BCUT2D eigenvalue weighted by molar-refractivity contribution is 5.79. The van der Waals surface area contributed by atoms with Crippen LogP contribution in [0.3, 0.4) is 0 Å². The lowest BCUT2D eigenvalue weighted by molar-refractivity contribution is -0.134. The molecule has 0 saturated heterocycles. The molecule has 2 unspecified atom stereocenters. The number of hydrogen-bond donors (Lipinski definition) is 1. The second-order valence-corrected chi connectivity index (χ2v) is 4.88. The molecule has 3 heteroatoms. The molecule has 0 heterocycles. The highest BCUT2D eigenvalue weighted by Gasteiger charge is 2.31. The van der Waals surface area contributed by atoms with E-state index in [9.17, 15) is 4.79 Å². The van der Waals surface area contributed by atoms with Gasteiger partial charge in [0.25, 0.3) is 0 Å². The Labute approximate surface area is 103 Å². The maximum atomic E-state index is 12.2. The van der Waals surface area contributed by atoms with Gasteiger partial charge < -0.3 is 10.6 Å². The van der Waals surface area contributed by atoms with E-state index < -0.39 is 0 Å². The van der Waals surface area contributed by atoms with Crippen molar-refractivity contribution in [2.45, 2.75) is 31.8 Å². The number of nitrogens with zero attached hydrogens (tertiary/aromatic N) is 1. The van der Waals surface area contributed by atoms with Crippen molar-refractivity contribution in [2.24, 2.45) is 11.7 Å². The maximum absolute atomic E-state index is 12.2. The van der Waals surface area contributed by atoms with Crippen LogP contribution in [0.25, 0.3) is 0 Å². The predicted molar refractivity (Wildman–Crippen MR) is 68.2 cm³/mol. The lowest BCUT2D eigenvalue weighted by atomic mass is 10.0. The molecule has 2 rings (SSSR count). The van der Waals surface area contributed by atoms with Crippen LogP contribution in [0.2, 0.25) is 0 Å². The van der Waals surface area contributed by atoms with E-state index in [-0.39, 0.29) is 17.9 Å². The number of hydrogen-bond acceptors (Lipinski definition) is 2. The molecule has 1 aromatic carbocycles. The molecule has 1 amide bonds. The van der Waals surface area contributed by atoms with Crippen molar-refractivity contribution >= 4 is 5.91 Å². The van der Waals surface area contributed by atoms with Crippen LogP contribution >= 0.6 is 0 Å². The van der Waals surface area contributed by atoms with Gasteiger partial charge in [0.05, 0.1) is 5.92 Å². The van der Waals surface area contributed by atoms with Crippen LogP contribution < -0.4 is 5.73 Å². The van der Waals surface area contributed by atoms with Gasteiger partial charge in [0, 0.05) is 19.6 Å². The minimum atomic E-state index is 0.0312. The number of amides is 1. The first-order valence-corrected chi connectivity index (χ1v) is 6.23. The summed E-state index contributed by atoms with van der Waals surface area (Å²) in [6, 6.07) is 10.1. The van der Waals surface area contributed by atoms with Crippen molar-refractivity contribution in [2.75, 3.05) is 7.05 Å². The standard InChI is InChI=1S/C14H20N2O/c1-16(10-11-6-3-2-4-7-11)14(17)12-8-5-9-13(12)15/h2-4,6-7,12-13H,5,8-10,15H2,1H3. The van der Waals surface area contributed by atoms with Gasteiger partial charge >= 0.3 is 0 Å². The lowest BCUT2D eigenvalue weighted by Gasteiger charge is -2.23. The van der Waals surface area contributed by atoms with Crippen molar-refractivity contribution in [3.63, 3.8) is 0 Å². The molecule has 0 spiro atoms. The van der Waals surface area contributed by atoms with Crippen LogP contribution in [0.5, 0.6) is 0 Å². The fraction of sp³-hybridized carbons (Fsp3) is 0.500. The van der Waals surface area contributed by atoms with Gasteiger partial charge in [0.2, 0.25) is 5.91 Å². The Hall–Kier alpha value is -1.35. The quantitative estimate of drug-likeness (QED) is 0.863. The summed E-state index contributed by atoms with van der Waals surface area (Å²) in [5.74, 6) is 0.225. The fourth-order valence-electron chi connectivity index (χ4n) is 2.51. The average Bonchev–Trinajstić information content (AvgIpc) is 2.76. The summed E-state index contributed by atoms with van der Waals surface area (Å²) < 4.78 is 0. The van der Waals surface area contributed by atoms with Crippen LogP contribution in [-0.4, -0.2) is 23.9 Å². The van der Waals surface area contributed by atoms with Crippen LogP contribution in [0.4, 0.5) is 0 Å². The normalized spacial score (nSPS) is 23.6. The van der Waals surface area contributed by atoms with Crippen molar-refractivity contribution in [1.29, 1.82) is 0 Å². The van der Waals surface area contributed by atoms with Gasteiger partial charge in [-0.3, -0.25) is 4.79 Å². The highest BCUT2D eigenvalue weighted by atomic mass is 16.2. The Morgan fingerprint density at radius 2 is 2.06 bits per heavy atom. The van der Waals surface area contributed by atoms with E-state index in [2.05, 4.69) is 0 Å². The number of carbonyl (C=O) groups excluding carboxylic acids is 1. The van der Waals surface area contributed by atoms with Gasteiger partial charge in [-0.15, -0.1) is 0 Å². The highest BCUT2D eigenvalue weighted by Crippen LogP contribution is 2.25. The van der Waals surface area contributed by atoms with Crippen LogP contribution in [0, 0.1) is 5.92 Å². The molecule has 92 valence electrons. The van der Waals surface area contributed by atoms with E-state index in [1.165, 1.54) is 0 Å².